The summed E-state index contributed by atoms with van der Waals surface area (Å²) in [4.78, 5) is 13.8. The molecule has 1 aliphatic heterocycles. The number of hydrogen-bond acceptors (Lipinski definition) is 6. The molecular formula is C20H29FN6OS. The van der Waals surface area contributed by atoms with Gasteiger partial charge in [0.1, 0.15) is 5.82 Å². The van der Waals surface area contributed by atoms with Gasteiger partial charge in [-0.25, -0.2) is 14.4 Å². The third-order valence-corrected chi connectivity index (χ3v) is 5.48. The van der Waals surface area contributed by atoms with Crippen molar-refractivity contribution in [3.8, 4) is 5.75 Å². The number of halogens is 1. The number of rotatable bonds is 7. The first-order chi connectivity index (χ1) is 14.1. The Balaban J connectivity index is 1.61. The van der Waals surface area contributed by atoms with Gasteiger partial charge < -0.3 is 19.9 Å². The van der Waals surface area contributed by atoms with Crippen LogP contribution in [0, 0.1) is 5.82 Å². The molecule has 1 aromatic heterocycles. The molecule has 0 aliphatic carbocycles. The van der Waals surface area contributed by atoms with Gasteiger partial charge in [-0.1, -0.05) is 13.0 Å². The highest BCUT2D eigenvalue weighted by Gasteiger charge is 2.22. The normalized spacial score (nSPS) is 15.0. The summed E-state index contributed by atoms with van der Waals surface area (Å²) in [6.07, 6.45) is 0.861. The van der Waals surface area contributed by atoms with Crippen molar-refractivity contribution >= 4 is 22.6 Å². The van der Waals surface area contributed by atoms with E-state index < -0.39 is 0 Å². The minimum atomic E-state index is -0.346. The second kappa shape index (κ2) is 10.4. The zero-order valence-corrected chi connectivity index (χ0v) is 18.1. The molecule has 1 saturated heterocycles. The third kappa shape index (κ3) is 5.56. The van der Waals surface area contributed by atoms with E-state index in [0.29, 0.717) is 13.2 Å². The number of guanidine groups is 1. The van der Waals surface area contributed by atoms with Gasteiger partial charge >= 0.3 is 0 Å². The SMILES string of the molecule is CCNC(=NCc1ccc(OCC)c(F)c1)N1CCN(c2nc(CC)ns2)CC1. The smallest absolute Gasteiger partial charge is 0.205 e. The zero-order chi connectivity index (χ0) is 20.6. The van der Waals surface area contributed by atoms with Crippen LogP contribution < -0.4 is 15.0 Å². The third-order valence-electron chi connectivity index (χ3n) is 4.67. The van der Waals surface area contributed by atoms with Crippen LogP contribution in [0.3, 0.4) is 0 Å². The number of benzene rings is 1. The summed E-state index contributed by atoms with van der Waals surface area (Å²) in [7, 11) is 0. The molecule has 0 amide bonds. The van der Waals surface area contributed by atoms with Crippen molar-refractivity contribution in [1.29, 1.82) is 0 Å². The second-order valence-electron chi connectivity index (χ2n) is 6.69. The van der Waals surface area contributed by atoms with E-state index >= 15 is 0 Å². The molecule has 1 fully saturated rings. The zero-order valence-electron chi connectivity index (χ0n) is 17.3. The van der Waals surface area contributed by atoms with E-state index in [1.165, 1.54) is 17.6 Å². The van der Waals surface area contributed by atoms with Crippen molar-refractivity contribution in [3.63, 3.8) is 0 Å². The van der Waals surface area contributed by atoms with Gasteiger partial charge in [-0.15, -0.1) is 0 Å². The van der Waals surface area contributed by atoms with Crippen LogP contribution >= 0.6 is 11.5 Å². The Bertz CT molecular complexity index is 819. The van der Waals surface area contributed by atoms with Gasteiger partial charge in [-0.2, -0.15) is 4.37 Å². The van der Waals surface area contributed by atoms with Crippen LogP contribution in [0.1, 0.15) is 32.2 Å². The number of hydrogen-bond donors (Lipinski definition) is 1. The van der Waals surface area contributed by atoms with E-state index in [1.54, 1.807) is 6.07 Å². The van der Waals surface area contributed by atoms with Crippen molar-refractivity contribution in [2.75, 3.05) is 44.2 Å². The molecule has 0 radical (unpaired) electrons. The number of nitrogens with one attached hydrogen (secondary N) is 1. The highest BCUT2D eigenvalue weighted by atomic mass is 32.1. The van der Waals surface area contributed by atoms with E-state index in [1.807, 2.05) is 13.0 Å². The Morgan fingerprint density at radius 3 is 2.66 bits per heavy atom. The molecule has 9 heteroatoms. The van der Waals surface area contributed by atoms with Crippen LogP contribution in [-0.2, 0) is 13.0 Å². The van der Waals surface area contributed by atoms with Gasteiger partial charge in [0, 0.05) is 50.7 Å². The van der Waals surface area contributed by atoms with Crippen LogP contribution in [0.25, 0.3) is 0 Å². The molecule has 29 heavy (non-hydrogen) atoms. The van der Waals surface area contributed by atoms with Crippen LogP contribution in [0.5, 0.6) is 5.75 Å². The van der Waals surface area contributed by atoms with Gasteiger partial charge in [-0.3, -0.25) is 0 Å². The summed E-state index contributed by atoms with van der Waals surface area (Å²) < 4.78 is 23.7. The summed E-state index contributed by atoms with van der Waals surface area (Å²) in [6, 6.07) is 5.03. The maximum absolute atomic E-state index is 14.1. The first kappa shape index (κ1) is 21.3. The lowest BCUT2D eigenvalue weighted by atomic mass is 10.2. The summed E-state index contributed by atoms with van der Waals surface area (Å²) in [5.41, 5.74) is 0.820. The second-order valence-corrected chi connectivity index (χ2v) is 7.42. The molecule has 0 spiro atoms. The molecule has 1 aliphatic rings. The summed E-state index contributed by atoms with van der Waals surface area (Å²) >= 11 is 1.47. The number of nitrogens with zero attached hydrogens (tertiary/aromatic N) is 5. The lowest BCUT2D eigenvalue weighted by Gasteiger charge is -2.36. The summed E-state index contributed by atoms with van der Waals surface area (Å²) in [6.45, 7) is 11.1. The molecule has 0 bridgehead atoms. The monoisotopic (exact) mass is 420 g/mol. The van der Waals surface area contributed by atoms with Gasteiger partial charge in [-0.05, 0) is 31.5 Å². The molecule has 3 rings (SSSR count). The highest BCUT2D eigenvalue weighted by Crippen LogP contribution is 2.20. The van der Waals surface area contributed by atoms with Crippen LogP contribution in [0.2, 0.25) is 0 Å². The molecule has 1 N–H and O–H groups in total. The topological polar surface area (TPSA) is 65.9 Å². The van der Waals surface area contributed by atoms with Crippen molar-refractivity contribution in [2.45, 2.75) is 33.7 Å². The van der Waals surface area contributed by atoms with Gasteiger partial charge in [0.25, 0.3) is 0 Å². The molecule has 0 unspecified atom stereocenters. The lowest BCUT2D eigenvalue weighted by Crippen LogP contribution is -2.52. The van der Waals surface area contributed by atoms with E-state index in [2.05, 4.69) is 38.3 Å². The maximum atomic E-state index is 14.1. The fourth-order valence-corrected chi connectivity index (χ4v) is 3.93. The van der Waals surface area contributed by atoms with Gasteiger partial charge in [0.05, 0.1) is 13.2 Å². The minimum absolute atomic E-state index is 0.283. The predicted octanol–water partition coefficient (Wildman–Crippen LogP) is 2.93. The first-order valence-electron chi connectivity index (χ1n) is 10.2. The average Bonchev–Trinajstić information content (AvgIpc) is 3.22. The Hall–Kier alpha value is -2.42. The van der Waals surface area contributed by atoms with Crippen molar-refractivity contribution in [3.05, 3.63) is 35.4 Å². The molecule has 158 valence electrons. The van der Waals surface area contributed by atoms with Gasteiger partial charge in [0.2, 0.25) is 5.13 Å². The Morgan fingerprint density at radius 1 is 1.24 bits per heavy atom. The number of anilines is 1. The van der Waals surface area contributed by atoms with Crippen molar-refractivity contribution in [2.24, 2.45) is 4.99 Å². The first-order valence-corrected chi connectivity index (χ1v) is 10.9. The lowest BCUT2D eigenvalue weighted by molar-refractivity contribution is 0.321. The standard InChI is InChI=1S/C20H29FN6OS/c1-4-18-24-20(29-25-18)27-11-9-26(10-12-27)19(22-5-2)23-14-15-7-8-17(28-6-3)16(21)13-15/h7-8,13H,4-6,9-12,14H2,1-3H3,(H,22,23). The van der Waals surface area contributed by atoms with E-state index in [4.69, 9.17) is 9.73 Å². The van der Waals surface area contributed by atoms with Crippen LogP contribution in [0.15, 0.2) is 23.2 Å². The van der Waals surface area contributed by atoms with Crippen molar-refractivity contribution < 1.29 is 9.13 Å². The quantitative estimate of drug-likeness (QED) is 0.549. The summed E-state index contributed by atoms with van der Waals surface area (Å²) in [5.74, 6) is 1.70. The molecule has 7 nitrogen and oxygen atoms in total. The number of ether oxygens (including phenoxy) is 1. The van der Waals surface area contributed by atoms with Gasteiger partial charge in [0.15, 0.2) is 17.5 Å². The van der Waals surface area contributed by atoms with E-state index in [9.17, 15) is 4.39 Å². The summed E-state index contributed by atoms with van der Waals surface area (Å²) in [5, 5.41) is 4.34. The maximum Gasteiger partial charge on any atom is 0.205 e. The minimum Gasteiger partial charge on any atom is -0.491 e. The van der Waals surface area contributed by atoms with Crippen LogP contribution in [0.4, 0.5) is 9.52 Å². The van der Waals surface area contributed by atoms with E-state index in [-0.39, 0.29) is 11.6 Å². The molecule has 2 heterocycles. The Labute approximate surface area is 175 Å². The number of aryl methyl sites for hydroxylation is 1. The molecule has 1 aromatic carbocycles. The number of aromatic nitrogens is 2. The number of aliphatic imine (C=N–C) groups is 1. The number of piperazine rings is 1. The molecule has 0 saturated carbocycles. The fraction of sp³-hybridized carbons (Fsp3) is 0.550. The molecule has 0 atom stereocenters. The fourth-order valence-electron chi connectivity index (χ4n) is 3.13. The highest BCUT2D eigenvalue weighted by molar-refractivity contribution is 7.09. The largest absolute Gasteiger partial charge is 0.491 e. The predicted molar refractivity (Wildman–Crippen MR) is 115 cm³/mol. The van der Waals surface area contributed by atoms with E-state index in [0.717, 1.165) is 61.6 Å². The average molecular weight is 421 g/mol. The Morgan fingerprint density at radius 2 is 2.03 bits per heavy atom. The molecular weight excluding hydrogens is 391 g/mol. The van der Waals surface area contributed by atoms with Crippen molar-refractivity contribution in [1.82, 2.24) is 19.6 Å². The molecule has 2 aromatic rings. The Kier molecular flexibility index (Phi) is 7.62. The van der Waals surface area contributed by atoms with Crippen LogP contribution in [-0.4, -0.2) is 59.5 Å².